The molecule has 1 aromatic heterocycles. The van der Waals surface area contributed by atoms with Crippen LogP contribution in [-0.2, 0) is 4.74 Å². The summed E-state index contributed by atoms with van der Waals surface area (Å²) in [6, 6.07) is 3.32. The Balaban J connectivity index is 2.78. The van der Waals surface area contributed by atoms with Crippen LogP contribution in [0.1, 0.15) is 17.4 Å². The molecule has 1 heterocycles. The Labute approximate surface area is 82.7 Å². The van der Waals surface area contributed by atoms with Crippen LogP contribution in [0, 0.1) is 0 Å². The summed E-state index contributed by atoms with van der Waals surface area (Å²) < 4.78 is 4.77. The van der Waals surface area contributed by atoms with Crippen molar-refractivity contribution < 1.29 is 9.53 Å². The second kappa shape index (κ2) is 4.55. The van der Waals surface area contributed by atoms with Crippen molar-refractivity contribution >= 4 is 11.8 Å². The van der Waals surface area contributed by atoms with E-state index < -0.39 is 5.97 Å². The lowest BCUT2D eigenvalue weighted by Crippen LogP contribution is -2.13. The summed E-state index contributed by atoms with van der Waals surface area (Å²) in [6.45, 7) is 2.09. The van der Waals surface area contributed by atoms with Crippen molar-refractivity contribution in [3.63, 3.8) is 0 Å². The predicted octanol–water partition coefficient (Wildman–Crippen LogP) is 0.719. The zero-order chi connectivity index (χ0) is 10.6. The van der Waals surface area contributed by atoms with E-state index >= 15 is 0 Å². The summed E-state index contributed by atoms with van der Waals surface area (Å²) in [4.78, 5) is 13.0. The van der Waals surface area contributed by atoms with E-state index in [0.29, 0.717) is 12.4 Å². The minimum atomic E-state index is -0.440. The molecule has 0 aliphatic carbocycles. The van der Waals surface area contributed by atoms with Crippen molar-refractivity contribution in [3.8, 4) is 0 Å². The predicted molar refractivity (Wildman–Crippen MR) is 52.3 cm³/mol. The van der Waals surface area contributed by atoms with Gasteiger partial charge in [0, 0.05) is 14.1 Å². The van der Waals surface area contributed by atoms with Crippen LogP contribution in [0.25, 0.3) is 0 Å². The smallest absolute Gasteiger partial charge is 0.358 e. The molecule has 0 saturated heterocycles. The molecule has 1 rings (SSSR count). The van der Waals surface area contributed by atoms with Gasteiger partial charge in [-0.25, -0.2) is 4.79 Å². The first kappa shape index (κ1) is 10.4. The molecule has 76 valence electrons. The lowest BCUT2D eigenvalue weighted by molar-refractivity contribution is 0.0518. The van der Waals surface area contributed by atoms with Gasteiger partial charge < -0.3 is 9.64 Å². The third-order valence-corrected chi connectivity index (χ3v) is 1.59. The first-order valence-electron chi connectivity index (χ1n) is 4.33. The fourth-order valence-corrected chi connectivity index (χ4v) is 0.878. The van der Waals surface area contributed by atoms with Crippen LogP contribution in [0.4, 0.5) is 5.82 Å². The van der Waals surface area contributed by atoms with E-state index in [4.69, 9.17) is 4.74 Å². The molecule has 0 aromatic carbocycles. The number of ether oxygens (including phenoxy) is 1. The van der Waals surface area contributed by atoms with Crippen LogP contribution in [0.3, 0.4) is 0 Å². The van der Waals surface area contributed by atoms with Gasteiger partial charge in [-0.3, -0.25) is 0 Å². The summed E-state index contributed by atoms with van der Waals surface area (Å²) in [5, 5.41) is 7.61. The number of carbonyl (C=O) groups excluding carboxylic acids is 1. The Morgan fingerprint density at radius 2 is 2.14 bits per heavy atom. The van der Waals surface area contributed by atoms with Crippen LogP contribution >= 0.6 is 0 Å². The van der Waals surface area contributed by atoms with Gasteiger partial charge in [0.15, 0.2) is 11.5 Å². The van der Waals surface area contributed by atoms with Crippen LogP contribution in [0.2, 0.25) is 0 Å². The quantitative estimate of drug-likeness (QED) is 0.665. The zero-order valence-corrected chi connectivity index (χ0v) is 8.52. The van der Waals surface area contributed by atoms with Gasteiger partial charge in [0.1, 0.15) is 0 Å². The second-order valence-electron chi connectivity index (χ2n) is 2.89. The molecule has 14 heavy (non-hydrogen) atoms. The highest BCUT2D eigenvalue weighted by atomic mass is 16.5. The van der Waals surface area contributed by atoms with Crippen LogP contribution in [-0.4, -0.2) is 36.9 Å². The number of hydrogen-bond donors (Lipinski definition) is 0. The molecule has 0 radical (unpaired) electrons. The summed E-state index contributed by atoms with van der Waals surface area (Å²) in [6.07, 6.45) is 0. The molecule has 5 heteroatoms. The van der Waals surface area contributed by atoms with Crippen molar-refractivity contribution in [3.05, 3.63) is 17.8 Å². The van der Waals surface area contributed by atoms with Crippen LogP contribution < -0.4 is 4.90 Å². The van der Waals surface area contributed by atoms with Crippen molar-refractivity contribution in [2.45, 2.75) is 6.92 Å². The monoisotopic (exact) mass is 195 g/mol. The molecule has 0 amide bonds. The number of hydrogen-bond acceptors (Lipinski definition) is 5. The first-order valence-corrected chi connectivity index (χ1v) is 4.33. The van der Waals surface area contributed by atoms with Gasteiger partial charge >= 0.3 is 5.97 Å². The van der Waals surface area contributed by atoms with E-state index in [-0.39, 0.29) is 5.69 Å². The van der Waals surface area contributed by atoms with Crippen molar-refractivity contribution in [2.75, 3.05) is 25.6 Å². The third kappa shape index (κ3) is 2.42. The standard InChI is InChI=1S/C9H13N3O2/c1-4-14-9(13)7-5-6-8(11-10-7)12(2)3/h5-6H,4H2,1-3H3. The maximum atomic E-state index is 11.2. The number of aromatic nitrogens is 2. The van der Waals surface area contributed by atoms with E-state index in [0.717, 1.165) is 0 Å². The molecular formula is C9H13N3O2. The minimum absolute atomic E-state index is 0.234. The second-order valence-corrected chi connectivity index (χ2v) is 2.89. The highest BCUT2D eigenvalue weighted by Gasteiger charge is 2.08. The van der Waals surface area contributed by atoms with E-state index in [9.17, 15) is 4.79 Å². The number of nitrogens with zero attached hydrogens (tertiary/aromatic N) is 3. The van der Waals surface area contributed by atoms with Gasteiger partial charge in [0.25, 0.3) is 0 Å². The zero-order valence-electron chi connectivity index (χ0n) is 8.52. The average Bonchev–Trinajstić information content (AvgIpc) is 2.18. The molecule has 0 saturated carbocycles. The Morgan fingerprint density at radius 1 is 1.43 bits per heavy atom. The number of rotatable bonds is 3. The molecule has 0 aliphatic heterocycles. The highest BCUT2D eigenvalue weighted by Crippen LogP contribution is 2.05. The van der Waals surface area contributed by atoms with Gasteiger partial charge in [-0.2, -0.15) is 0 Å². The summed E-state index contributed by atoms with van der Waals surface area (Å²) in [5.74, 6) is 0.267. The molecule has 5 nitrogen and oxygen atoms in total. The van der Waals surface area contributed by atoms with Gasteiger partial charge in [-0.1, -0.05) is 0 Å². The van der Waals surface area contributed by atoms with Crippen LogP contribution in [0.5, 0.6) is 0 Å². The molecule has 0 fully saturated rings. The van der Waals surface area contributed by atoms with E-state index in [2.05, 4.69) is 10.2 Å². The number of esters is 1. The normalized spacial score (nSPS) is 9.64. The topological polar surface area (TPSA) is 55.3 Å². The Kier molecular flexibility index (Phi) is 3.39. The molecule has 0 atom stereocenters. The Bertz CT molecular complexity index is 308. The number of carbonyl (C=O) groups is 1. The summed E-state index contributed by atoms with van der Waals surface area (Å²) in [5.41, 5.74) is 0.234. The fourth-order valence-electron chi connectivity index (χ4n) is 0.878. The lowest BCUT2D eigenvalue weighted by Gasteiger charge is -2.09. The maximum Gasteiger partial charge on any atom is 0.358 e. The molecular weight excluding hydrogens is 182 g/mol. The Morgan fingerprint density at radius 3 is 2.57 bits per heavy atom. The van der Waals surface area contributed by atoms with Crippen molar-refractivity contribution in [1.82, 2.24) is 10.2 Å². The molecule has 0 spiro atoms. The van der Waals surface area contributed by atoms with E-state index in [1.165, 1.54) is 0 Å². The van der Waals surface area contributed by atoms with Gasteiger partial charge in [-0.05, 0) is 19.1 Å². The third-order valence-electron chi connectivity index (χ3n) is 1.59. The molecule has 0 bridgehead atoms. The fraction of sp³-hybridized carbons (Fsp3) is 0.444. The van der Waals surface area contributed by atoms with Gasteiger partial charge in [-0.15, -0.1) is 10.2 Å². The maximum absolute atomic E-state index is 11.2. The molecule has 0 unspecified atom stereocenters. The molecule has 0 N–H and O–H groups in total. The van der Waals surface area contributed by atoms with Crippen molar-refractivity contribution in [1.29, 1.82) is 0 Å². The highest BCUT2D eigenvalue weighted by molar-refractivity contribution is 5.87. The minimum Gasteiger partial charge on any atom is -0.461 e. The molecule has 1 aromatic rings. The lowest BCUT2D eigenvalue weighted by atomic mass is 10.4. The largest absolute Gasteiger partial charge is 0.461 e. The van der Waals surface area contributed by atoms with Gasteiger partial charge in [0.2, 0.25) is 0 Å². The SMILES string of the molecule is CCOC(=O)c1ccc(N(C)C)nn1. The van der Waals surface area contributed by atoms with Crippen LogP contribution in [0.15, 0.2) is 12.1 Å². The average molecular weight is 195 g/mol. The molecule has 0 aliphatic rings. The van der Waals surface area contributed by atoms with Crippen molar-refractivity contribution in [2.24, 2.45) is 0 Å². The summed E-state index contributed by atoms with van der Waals surface area (Å²) in [7, 11) is 3.71. The van der Waals surface area contributed by atoms with Gasteiger partial charge in [0.05, 0.1) is 6.61 Å². The first-order chi connectivity index (χ1) is 6.65. The Hall–Kier alpha value is -1.65. The van der Waals surface area contributed by atoms with E-state index in [1.54, 1.807) is 19.1 Å². The van der Waals surface area contributed by atoms with E-state index in [1.807, 2.05) is 19.0 Å². The number of anilines is 1. The summed E-state index contributed by atoms with van der Waals surface area (Å²) >= 11 is 0.